The average Bonchev–Trinajstić information content (AvgIpc) is 2.60. The molecule has 26 heavy (non-hydrogen) atoms. The summed E-state index contributed by atoms with van der Waals surface area (Å²) in [4.78, 5) is 4.97. The topological polar surface area (TPSA) is 45.2 Å². The number of methoxy groups -OCH3 is 2. The standard InChI is InChI=1S/C20H33ClN2O3/c1-15(2)5-7-23-9-8-22(14-17(23)6-10-24)13-16-11-18(21)20(26-4)19(12-16)25-3/h11-12,15,17,24H,5-10,13-14H2,1-4H3/t17-/m0/s1. The van der Waals surface area contributed by atoms with Crippen LogP contribution in [0.25, 0.3) is 0 Å². The molecule has 1 aromatic carbocycles. The highest BCUT2D eigenvalue weighted by Gasteiger charge is 2.26. The smallest absolute Gasteiger partial charge is 0.179 e. The van der Waals surface area contributed by atoms with Gasteiger partial charge in [-0.3, -0.25) is 9.80 Å². The third-order valence-corrected chi connectivity index (χ3v) is 5.33. The third-order valence-electron chi connectivity index (χ3n) is 5.04. The van der Waals surface area contributed by atoms with E-state index in [2.05, 4.69) is 23.6 Å². The molecular formula is C20H33ClN2O3. The summed E-state index contributed by atoms with van der Waals surface area (Å²) in [5.74, 6) is 1.95. The van der Waals surface area contributed by atoms with Crippen LogP contribution in [0.2, 0.25) is 5.02 Å². The van der Waals surface area contributed by atoms with Crippen molar-refractivity contribution in [3.8, 4) is 11.5 Å². The Balaban J connectivity index is 2.03. The Morgan fingerprint density at radius 1 is 1.23 bits per heavy atom. The monoisotopic (exact) mass is 384 g/mol. The van der Waals surface area contributed by atoms with E-state index in [4.69, 9.17) is 21.1 Å². The Labute approximate surface area is 162 Å². The van der Waals surface area contributed by atoms with Gasteiger partial charge in [-0.05, 0) is 43.0 Å². The van der Waals surface area contributed by atoms with Gasteiger partial charge in [-0.1, -0.05) is 25.4 Å². The third kappa shape index (κ3) is 5.74. The van der Waals surface area contributed by atoms with Crippen molar-refractivity contribution in [1.82, 2.24) is 9.80 Å². The molecule has 1 aromatic rings. The van der Waals surface area contributed by atoms with E-state index < -0.39 is 0 Å². The van der Waals surface area contributed by atoms with E-state index in [-0.39, 0.29) is 6.61 Å². The molecule has 0 radical (unpaired) electrons. The van der Waals surface area contributed by atoms with Crippen LogP contribution in [0.15, 0.2) is 12.1 Å². The number of aliphatic hydroxyl groups excluding tert-OH is 1. The van der Waals surface area contributed by atoms with Crippen LogP contribution < -0.4 is 9.47 Å². The first-order chi connectivity index (χ1) is 12.5. The van der Waals surface area contributed by atoms with Crippen LogP contribution in [0.5, 0.6) is 11.5 Å². The second kappa shape index (κ2) is 10.4. The molecule has 0 amide bonds. The maximum Gasteiger partial charge on any atom is 0.179 e. The molecule has 1 saturated heterocycles. The zero-order valence-corrected chi connectivity index (χ0v) is 17.3. The van der Waals surface area contributed by atoms with Gasteiger partial charge in [0.2, 0.25) is 0 Å². The number of halogens is 1. The van der Waals surface area contributed by atoms with Gasteiger partial charge in [-0.25, -0.2) is 0 Å². The summed E-state index contributed by atoms with van der Waals surface area (Å²) in [6, 6.07) is 4.36. The van der Waals surface area contributed by atoms with Crippen molar-refractivity contribution in [1.29, 1.82) is 0 Å². The van der Waals surface area contributed by atoms with Gasteiger partial charge in [0.1, 0.15) is 0 Å². The van der Waals surface area contributed by atoms with Crippen LogP contribution >= 0.6 is 11.6 Å². The minimum Gasteiger partial charge on any atom is -0.493 e. The highest BCUT2D eigenvalue weighted by atomic mass is 35.5. The number of ether oxygens (including phenoxy) is 2. The van der Waals surface area contributed by atoms with Crippen molar-refractivity contribution in [2.75, 3.05) is 47.0 Å². The molecule has 0 aliphatic carbocycles. The number of hydrogen-bond donors (Lipinski definition) is 1. The molecule has 0 aromatic heterocycles. The lowest BCUT2D eigenvalue weighted by molar-refractivity contribution is 0.0523. The molecule has 1 N–H and O–H groups in total. The molecule has 6 heteroatoms. The van der Waals surface area contributed by atoms with Crippen molar-refractivity contribution in [2.45, 2.75) is 39.3 Å². The first kappa shape index (κ1) is 21.3. The zero-order chi connectivity index (χ0) is 19.1. The number of rotatable bonds is 9. The minimum absolute atomic E-state index is 0.235. The molecule has 0 bridgehead atoms. The Hall–Kier alpha value is -1.01. The Morgan fingerprint density at radius 3 is 2.62 bits per heavy atom. The Kier molecular flexibility index (Phi) is 8.48. The molecule has 1 aliphatic rings. The molecule has 1 atom stereocenters. The zero-order valence-electron chi connectivity index (χ0n) is 16.5. The van der Waals surface area contributed by atoms with Crippen LogP contribution in [-0.2, 0) is 6.54 Å². The predicted molar refractivity (Wildman–Crippen MR) is 106 cm³/mol. The van der Waals surface area contributed by atoms with E-state index in [1.54, 1.807) is 14.2 Å². The van der Waals surface area contributed by atoms with Crippen molar-refractivity contribution in [3.63, 3.8) is 0 Å². The summed E-state index contributed by atoms with van der Waals surface area (Å²) < 4.78 is 10.7. The molecule has 0 unspecified atom stereocenters. The van der Waals surface area contributed by atoms with Crippen LogP contribution in [0.3, 0.4) is 0 Å². The quantitative estimate of drug-likeness (QED) is 0.707. The van der Waals surface area contributed by atoms with Crippen LogP contribution in [0.4, 0.5) is 0 Å². The van der Waals surface area contributed by atoms with Crippen molar-refractivity contribution in [2.24, 2.45) is 5.92 Å². The number of nitrogens with zero attached hydrogens (tertiary/aromatic N) is 2. The average molecular weight is 385 g/mol. The van der Waals surface area contributed by atoms with E-state index in [0.29, 0.717) is 28.5 Å². The lowest BCUT2D eigenvalue weighted by Gasteiger charge is -2.41. The maximum atomic E-state index is 9.46. The van der Waals surface area contributed by atoms with Gasteiger partial charge >= 0.3 is 0 Å². The van der Waals surface area contributed by atoms with E-state index in [9.17, 15) is 5.11 Å². The van der Waals surface area contributed by atoms with Gasteiger partial charge in [-0.15, -0.1) is 0 Å². The summed E-state index contributed by atoms with van der Waals surface area (Å²) in [7, 11) is 3.22. The van der Waals surface area contributed by atoms with Gasteiger partial charge in [0.25, 0.3) is 0 Å². The van der Waals surface area contributed by atoms with Gasteiger partial charge in [0.15, 0.2) is 11.5 Å². The number of benzene rings is 1. The highest BCUT2D eigenvalue weighted by Crippen LogP contribution is 2.36. The fraction of sp³-hybridized carbons (Fsp3) is 0.700. The second-order valence-corrected chi connectivity index (χ2v) is 7.84. The molecule has 148 valence electrons. The normalized spacial score (nSPS) is 19.1. The van der Waals surface area contributed by atoms with Crippen LogP contribution in [0, 0.1) is 5.92 Å². The van der Waals surface area contributed by atoms with Crippen molar-refractivity contribution >= 4 is 11.6 Å². The van der Waals surface area contributed by atoms with Gasteiger partial charge in [-0.2, -0.15) is 0 Å². The molecule has 5 nitrogen and oxygen atoms in total. The molecular weight excluding hydrogens is 352 g/mol. The first-order valence-corrected chi connectivity index (χ1v) is 9.83. The van der Waals surface area contributed by atoms with E-state index in [1.165, 1.54) is 6.42 Å². The number of piperazine rings is 1. The van der Waals surface area contributed by atoms with Gasteiger partial charge < -0.3 is 14.6 Å². The molecule has 1 aliphatic heterocycles. The second-order valence-electron chi connectivity index (χ2n) is 7.43. The summed E-state index contributed by atoms with van der Waals surface area (Å²) in [6.07, 6.45) is 2.02. The fourth-order valence-corrected chi connectivity index (χ4v) is 3.87. The van der Waals surface area contributed by atoms with Crippen LogP contribution in [-0.4, -0.2) is 68.0 Å². The van der Waals surface area contributed by atoms with Gasteiger partial charge in [0.05, 0.1) is 19.2 Å². The predicted octanol–water partition coefficient (Wildman–Crippen LogP) is 3.27. The highest BCUT2D eigenvalue weighted by molar-refractivity contribution is 6.32. The number of aliphatic hydroxyl groups is 1. The SMILES string of the molecule is COc1cc(CN2CCN(CCC(C)C)[C@@H](CCO)C2)cc(Cl)c1OC. The summed E-state index contributed by atoms with van der Waals surface area (Å²) in [5.41, 5.74) is 1.12. The summed E-state index contributed by atoms with van der Waals surface area (Å²) in [6.45, 7) is 9.71. The van der Waals surface area contributed by atoms with E-state index in [1.807, 2.05) is 12.1 Å². The van der Waals surface area contributed by atoms with Gasteiger partial charge in [0, 0.05) is 38.8 Å². The van der Waals surface area contributed by atoms with Crippen molar-refractivity contribution < 1.29 is 14.6 Å². The van der Waals surface area contributed by atoms with E-state index >= 15 is 0 Å². The summed E-state index contributed by atoms with van der Waals surface area (Å²) >= 11 is 6.34. The molecule has 0 spiro atoms. The van der Waals surface area contributed by atoms with Crippen molar-refractivity contribution in [3.05, 3.63) is 22.7 Å². The number of hydrogen-bond acceptors (Lipinski definition) is 5. The minimum atomic E-state index is 0.235. The summed E-state index contributed by atoms with van der Waals surface area (Å²) in [5, 5.41) is 10.0. The Morgan fingerprint density at radius 2 is 2.00 bits per heavy atom. The largest absolute Gasteiger partial charge is 0.493 e. The lowest BCUT2D eigenvalue weighted by Crippen LogP contribution is -2.53. The molecule has 1 heterocycles. The lowest BCUT2D eigenvalue weighted by atomic mass is 10.0. The van der Waals surface area contributed by atoms with E-state index in [0.717, 1.165) is 44.7 Å². The fourth-order valence-electron chi connectivity index (χ4n) is 3.56. The maximum absolute atomic E-state index is 9.46. The van der Waals surface area contributed by atoms with Crippen LogP contribution in [0.1, 0.15) is 32.3 Å². The Bertz CT molecular complexity index is 568. The first-order valence-electron chi connectivity index (χ1n) is 9.46. The molecule has 0 saturated carbocycles. The molecule has 1 fully saturated rings. The molecule has 2 rings (SSSR count).